The highest BCUT2D eigenvalue weighted by atomic mass is 35.5. The van der Waals surface area contributed by atoms with Crippen molar-refractivity contribution in [2.45, 2.75) is 0 Å². The minimum atomic E-state index is -0.420. The highest BCUT2D eigenvalue weighted by molar-refractivity contribution is 6.35. The molecule has 23 heavy (non-hydrogen) atoms. The zero-order valence-electron chi connectivity index (χ0n) is 12.5. The molecule has 3 aromatic rings. The fourth-order valence-corrected chi connectivity index (χ4v) is 2.68. The summed E-state index contributed by atoms with van der Waals surface area (Å²) in [7, 11) is 2.89. The van der Waals surface area contributed by atoms with E-state index in [1.807, 2.05) is 6.07 Å². The van der Waals surface area contributed by atoms with Gasteiger partial charge in [-0.25, -0.2) is 9.78 Å². The van der Waals surface area contributed by atoms with Gasteiger partial charge in [0.2, 0.25) is 5.88 Å². The van der Waals surface area contributed by atoms with Crippen molar-refractivity contribution in [1.29, 1.82) is 0 Å². The second kappa shape index (κ2) is 6.22. The summed E-state index contributed by atoms with van der Waals surface area (Å²) < 4.78 is 10.1. The van der Waals surface area contributed by atoms with E-state index in [2.05, 4.69) is 9.97 Å². The van der Waals surface area contributed by atoms with Crippen molar-refractivity contribution in [3.63, 3.8) is 0 Å². The van der Waals surface area contributed by atoms with Crippen LogP contribution in [0.5, 0.6) is 5.88 Å². The second-order valence-corrected chi connectivity index (χ2v) is 5.17. The average molecular weight is 329 g/mol. The van der Waals surface area contributed by atoms with Crippen molar-refractivity contribution in [3.05, 3.63) is 53.3 Å². The number of aromatic nitrogens is 2. The van der Waals surface area contributed by atoms with Gasteiger partial charge in [-0.05, 0) is 30.3 Å². The molecule has 0 bridgehead atoms. The first-order valence-corrected chi connectivity index (χ1v) is 7.19. The molecule has 0 fully saturated rings. The lowest BCUT2D eigenvalue weighted by atomic mass is 10.0. The third kappa shape index (κ3) is 2.71. The summed E-state index contributed by atoms with van der Waals surface area (Å²) in [4.78, 5) is 20.3. The Labute approximate surface area is 137 Å². The molecule has 6 heteroatoms. The predicted molar refractivity (Wildman–Crippen MR) is 87.9 cm³/mol. The Morgan fingerprint density at radius 3 is 2.74 bits per heavy atom. The second-order valence-electron chi connectivity index (χ2n) is 4.76. The highest BCUT2D eigenvalue weighted by Crippen LogP contribution is 2.38. The zero-order chi connectivity index (χ0) is 16.4. The van der Waals surface area contributed by atoms with Gasteiger partial charge < -0.3 is 9.47 Å². The van der Waals surface area contributed by atoms with Crippen LogP contribution >= 0.6 is 11.6 Å². The molecule has 2 aromatic heterocycles. The number of benzene rings is 1. The van der Waals surface area contributed by atoms with Crippen LogP contribution in [-0.4, -0.2) is 30.2 Å². The van der Waals surface area contributed by atoms with E-state index in [1.54, 1.807) is 43.8 Å². The summed E-state index contributed by atoms with van der Waals surface area (Å²) in [6, 6.07) is 8.79. The van der Waals surface area contributed by atoms with Crippen LogP contribution in [0.3, 0.4) is 0 Å². The number of rotatable bonds is 3. The van der Waals surface area contributed by atoms with Crippen molar-refractivity contribution < 1.29 is 14.3 Å². The van der Waals surface area contributed by atoms with Crippen LogP contribution < -0.4 is 4.74 Å². The topological polar surface area (TPSA) is 61.3 Å². The van der Waals surface area contributed by atoms with E-state index in [0.717, 1.165) is 10.9 Å². The first kappa shape index (κ1) is 15.2. The van der Waals surface area contributed by atoms with Crippen LogP contribution in [0.1, 0.15) is 10.4 Å². The summed E-state index contributed by atoms with van der Waals surface area (Å²) in [5.74, 6) is 0.0290. The van der Waals surface area contributed by atoms with Crippen LogP contribution in [0.2, 0.25) is 5.02 Å². The van der Waals surface area contributed by atoms with Gasteiger partial charge in [0.05, 0.1) is 30.3 Å². The van der Waals surface area contributed by atoms with Gasteiger partial charge >= 0.3 is 5.97 Å². The van der Waals surface area contributed by atoms with Crippen LogP contribution in [0, 0.1) is 0 Å². The molecule has 0 saturated carbocycles. The Bertz CT molecular complexity index is 896. The number of hydrogen-bond donors (Lipinski definition) is 0. The van der Waals surface area contributed by atoms with Crippen molar-refractivity contribution in [3.8, 4) is 17.0 Å². The van der Waals surface area contributed by atoms with Crippen LogP contribution in [0.4, 0.5) is 0 Å². The molecule has 0 aliphatic heterocycles. The van der Waals surface area contributed by atoms with E-state index in [0.29, 0.717) is 27.5 Å². The maximum Gasteiger partial charge on any atom is 0.337 e. The number of nitrogens with zero attached hydrogens (tertiary/aromatic N) is 2. The Morgan fingerprint density at radius 1 is 1.17 bits per heavy atom. The lowest BCUT2D eigenvalue weighted by molar-refractivity contribution is 0.0601. The predicted octanol–water partition coefficient (Wildman–Crippen LogP) is 3.75. The Balaban J connectivity index is 2.34. The molecule has 5 nitrogen and oxygen atoms in total. The maximum atomic E-state index is 11.8. The fourth-order valence-electron chi connectivity index (χ4n) is 2.43. The van der Waals surface area contributed by atoms with Gasteiger partial charge in [-0.15, -0.1) is 0 Å². The molecule has 3 rings (SSSR count). The quantitative estimate of drug-likeness (QED) is 0.685. The number of esters is 1. The van der Waals surface area contributed by atoms with Crippen molar-refractivity contribution in [1.82, 2.24) is 9.97 Å². The summed E-state index contributed by atoms with van der Waals surface area (Å²) in [5, 5.41) is 1.18. The lowest BCUT2D eigenvalue weighted by Crippen LogP contribution is -2.01. The molecule has 1 aromatic carbocycles. The Hall–Kier alpha value is -2.66. The zero-order valence-corrected chi connectivity index (χ0v) is 13.3. The summed E-state index contributed by atoms with van der Waals surface area (Å²) in [6.07, 6.45) is 3.21. The molecule has 0 radical (unpaired) electrons. The lowest BCUT2D eigenvalue weighted by Gasteiger charge is -2.12. The molecule has 116 valence electrons. The number of carbonyl (C=O) groups excluding carboxylic acids is 1. The number of ether oxygens (including phenoxy) is 2. The number of fused-ring (bicyclic) bond motifs is 1. The highest BCUT2D eigenvalue weighted by Gasteiger charge is 2.16. The maximum absolute atomic E-state index is 11.8. The number of pyridine rings is 2. The van der Waals surface area contributed by atoms with Crippen LogP contribution in [-0.2, 0) is 4.74 Å². The van der Waals surface area contributed by atoms with Gasteiger partial charge in [0.1, 0.15) is 0 Å². The summed E-state index contributed by atoms with van der Waals surface area (Å²) >= 11 is 6.37. The van der Waals surface area contributed by atoms with E-state index in [-0.39, 0.29) is 0 Å². The Kier molecular flexibility index (Phi) is 4.12. The molecule has 2 heterocycles. The Morgan fingerprint density at radius 2 is 2.00 bits per heavy atom. The third-order valence-corrected chi connectivity index (χ3v) is 3.76. The van der Waals surface area contributed by atoms with E-state index in [4.69, 9.17) is 21.1 Å². The average Bonchev–Trinajstić information content (AvgIpc) is 2.60. The minimum absolute atomic E-state index is 0.420. The molecule has 0 atom stereocenters. The SMILES string of the molecule is COC(=O)c1ccc2ncc(Cl)c(-c3cccnc3OC)c2c1. The van der Waals surface area contributed by atoms with Crippen molar-refractivity contribution >= 4 is 28.5 Å². The molecule has 0 N–H and O–H groups in total. The first-order valence-electron chi connectivity index (χ1n) is 6.81. The minimum Gasteiger partial charge on any atom is -0.481 e. The van der Waals surface area contributed by atoms with E-state index >= 15 is 0 Å². The molecule has 0 aliphatic carbocycles. The van der Waals surface area contributed by atoms with E-state index in [1.165, 1.54) is 7.11 Å². The van der Waals surface area contributed by atoms with E-state index in [9.17, 15) is 4.79 Å². The van der Waals surface area contributed by atoms with Gasteiger partial charge in [-0.3, -0.25) is 4.98 Å². The molecule has 0 saturated heterocycles. The smallest absolute Gasteiger partial charge is 0.337 e. The van der Waals surface area contributed by atoms with E-state index < -0.39 is 5.97 Å². The van der Waals surface area contributed by atoms with Crippen molar-refractivity contribution in [2.24, 2.45) is 0 Å². The number of hydrogen-bond acceptors (Lipinski definition) is 5. The summed E-state index contributed by atoms with van der Waals surface area (Å²) in [6.45, 7) is 0. The van der Waals surface area contributed by atoms with Gasteiger partial charge in [-0.2, -0.15) is 0 Å². The molecule has 0 aliphatic rings. The van der Waals surface area contributed by atoms with Gasteiger partial charge in [-0.1, -0.05) is 11.6 Å². The third-order valence-electron chi connectivity index (χ3n) is 3.48. The normalized spacial score (nSPS) is 10.6. The van der Waals surface area contributed by atoms with Crippen LogP contribution in [0.25, 0.3) is 22.0 Å². The molecule has 0 amide bonds. The molecular weight excluding hydrogens is 316 g/mol. The standard InChI is InChI=1S/C17H13ClN2O3/c1-22-16-11(4-3-7-19-16)15-12-8-10(17(21)23-2)5-6-14(12)20-9-13(15)18/h3-9H,1-2H3. The van der Waals surface area contributed by atoms with Gasteiger partial charge in [0.25, 0.3) is 0 Å². The van der Waals surface area contributed by atoms with Gasteiger partial charge in [0.15, 0.2) is 0 Å². The number of methoxy groups -OCH3 is 2. The number of carbonyl (C=O) groups is 1. The van der Waals surface area contributed by atoms with Crippen LogP contribution in [0.15, 0.2) is 42.7 Å². The van der Waals surface area contributed by atoms with Crippen molar-refractivity contribution in [2.75, 3.05) is 14.2 Å². The molecule has 0 unspecified atom stereocenters. The van der Waals surface area contributed by atoms with Gasteiger partial charge in [0, 0.05) is 28.9 Å². The number of halogens is 1. The first-order chi connectivity index (χ1) is 11.2. The molecular formula is C17H13ClN2O3. The monoisotopic (exact) mass is 328 g/mol. The molecule has 0 spiro atoms. The fraction of sp³-hybridized carbons (Fsp3) is 0.118. The summed E-state index contributed by atoms with van der Waals surface area (Å²) in [5.41, 5.74) is 2.58. The largest absolute Gasteiger partial charge is 0.481 e.